The molecule has 0 aromatic heterocycles. The molecule has 3 rings (SSSR count). The van der Waals surface area contributed by atoms with Crippen molar-refractivity contribution in [3.8, 4) is 0 Å². The molecule has 0 saturated carbocycles. The highest BCUT2D eigenvalue weighted by Gasteiger charge is 2.33. The van der Waals surface area contributed by atoms with Gasteiger partial charge in [0, 0.05) is 13.1 Å². The molecule has 0 spiro atoms. The summed E-state index contributed by atoms with van der Waals surface area (Å²) in [5.41, 5.74) is 3.99. The van der Waals surface area contributed by atoms with Crippen LogP contribution in [0.2, 0.25) is 0 Å². The normalized spacial score (nSPS) is 12.0. The van der Waals surface area contributed by atoms with Gasteiger partial charge < -0.3 is 10.2 Å². The minimum Gasteiger partial charge on any atom is -0.354 e. The van der Waals surface area contributed by atoms with Crippen molar-refractivity contribution in [2.24, 2.45) is 0 Å². The number of anilines is 1. The lowest BCUT2D eigenvalue weighted by Crippen LogP contribution is -2.51. The molecular weight excluding hydrogens is 498 g/mol. The van der Waals surface area contributed by atoms with Gasteiger partial charge in [0.15, 0.2) is 0 Å². The second-order valence-corrected chi connectivity index (χ2v) is 11.4. The van der Waals surface area contributed by atoms with Crippen LogP contribution >= 0.6 is 0 Å². The third kappa shape index (κ3) is 6.81. The summed E-state index contributed by atoms with van der Waals surface area (Å²) >= 11 is 0. The van der Waals surface area contributed by atoms with Gasteiger partial charge in [0.25, 0.3) is 10.0 Å². The van der Waals surface area contributed by atoms with E-state index in [2.05, 4.69) is 5.32 Å². The molecular formula is C30H37N3O4S. The first-order chi connectivity index (χ1) is 18.1. The van der Waals surface area contributed by atoms with Crippen molar-refractivity contribution < 1.29 is 18.0 Å². The molecule has 2 amide bonds. The monoisotopic (exact) mass is 535 g/mol. The Balaban J connectivity index is 2.05. The molecule has 8 heteroatoms. The zero-order valence-electron chi connectivity index (χ0n) is 22.8. The zero-order chi connectivity index (χ0) is 27.9. The molecule has 0 saturated heterocycles. The van der Waals surface area contributed by atoms with Crippen LogP contribution in [0.1, 0.15) is 42.5 Å². The number of rotatable bonds is 11. The van der Waals surface area contributed by atoms with Gasteiger partial charge in [-0.05, 0) is 69.0 Å². The smallest absolute Gasteiger partial charge is 0.264 e. The Morgan fingerprint density at radius 3 is 2.26 bits per heavy atom. The molecule has 0 bridgehead atoms. The summed E-state index contributed by atoms with van der Waals surface area (Å²) in [7, 11) is -4.08. The summed E-state index contributed by atoms with van der Waals surface area (Å²) in [6.45, 7) is 9.55. The van der Waals surface area contributed by atoms with Gasteiger partial charge in [0.2, 0.25) is 11.8 Å². The summed E-state index contributed by atoms with van der Waals surface area (Å²) in [4.78, 5) is 28.4. The van der Waals surface area contributed by atoms with E-state index in [0.29, 0.717) is 12.2 Å². The maximum Gasteiger partial charge on any atom is 0.264 e. The van der Waals surface area contributed by atoms with Crippen LogP contribution in [-0.2, 0) is 26.2 Å². The first-order valence-corrected chi connectivity index (χ1v) is 14.3. The van der Waals surface area contributed by atoms with Gasteiger partial charge in [0.1, 0.15) is 12.6 Å². The molecule has 3 aromatic rings. The predicted octanol–water partition coefficient (Wildman–Crippen LogP) is 4.75. The molecule has 0 heterocycles. The number of carbonyl (C=O) groups excluding carboxylic acids is 2. The number of amides is 2. The largest absolute Gasteiger partial charge is 0.354 e. The average molecular weight is 536 g/mol. The maximum atomic E-state index is 13.9. The summed E-state index contributed by atoms with van der Waals surface area (Å²) in [5.74, 6) is -0.747. The fourth-order valence-corrected chi connectivity index (χ4v) is 5.72. The van der Waals surface area contributed by atoms with E-state index < -0.39 is 28.5 Å². The quantitative estimate of drug-likeness (QED) is 0.384. The van der Waals surface area contributed by atoms with E-state index >= 15 is 0 Å². The van der Waals surface area contributed by atoms with Crippen LogP contribution < -0.4 is 9.62 Å². The lowest BCUT2D eigenvalue weighted by atomic mass is 10.1. The highest BCUT2D eigenvalue weighted by molar-refractivity contribution is 7.92. The van der Waals surface area contributed by atoms with Crippen LogP contribution in [0.5, 0.6) is 0 Å². The Labute approximate surface area is 226 Å². The van der Waals surface area contributed by atoms with Gasteiger partial charge in [-0.15, -0.1) is 0 Å². The first kappa shape index (κ1) is 28.9. The van der Waals surface area contributed by atoms with E-state index in [4.69, 9.17) is 0 Å². The molecule has 0 unspecified atom stereocenters. The Morgan fingerprint density at radius 2 is 1.61 bits per heavy atom. The van der Waals surface area contributed by atoms with Crippen molar-refractivity contribution >= 4 is 27.5 Å². The fraction of sp³-hybridized carbons (Fsp3) is 0.333. The van der Waals surface area contributed by atoms with Gasteiger partial charge in [-0.1, -0.05) is 67.1 Å². The summed E-state index contributed by atoms with van der Waals surface area (Å²) in [6, 6.07) is 20.4. The van der Waals surface area contributed by atoms with Crippen LogP contribution in [0.3, 0.4) is 0 Å². The minimum absolute atomic E-state index is 0.0904. The minimum atomic E-state index is -4.08. The van der Waals surface area contributed by atoms with E-state index in [1.54, 1.807) is 37.3 Å². The van der Waals surface area contributed by atoms with Gasteiger partial charge >= 0.3 is 0 Å². The van der Waals surface area contributed by atoms with Crippen molar-refractivity contribution in [2.45, 2.75) is 58.5 Å². The average Bonchev–Trinajstić information content (AvgIpc) is 2.90. The van der Waals surface area contributed by atoms with Crippen molar-refractivity contribution in [2.75, 3.05) is 17.4 Å². The maximum absolute atomic E-state index is 13.9. The second kappa shape index (κ2) is 12.7. The Hall–Kier alpha value is -3.65. The van der Waals surface area contributed by atoms with Crippen molar-refractivity contribution in [1.82, 2.24) is 10.2 Å². The zero-order valence-corrected chi connectivity index (χ0v) is 23.6. The molecule has 0 aliphatic heterocycles. The number of benzene rings is 3. The van der Waals surface area contributed by atoms with E-state index in [0.717, 1.165) is 33.0 Å². The van der Waals surface area contributed by atoms with Crippen molar-refractivity contribution in [3.63, 3.8) is 0 Å². The number of nitrogens with one attached hydrogen (secondary N) is 1. The summed E-state index contributed by atoms with van der Waals surface area (Å²) in [5, 5.41) is 2.86. The molecule has 7 nitrogen and oxygen atoms in total. The van der Waals surface area contributed by atoms with E-state index in [9.17, 15) is 18.0 Å². The summed E-state index contributed by atoms with van der Waals surface area (Å²) in [6.07, 6.45) is 0.764. The number of nitrogens with zero attached hydrogens (tertiary/aromatic N) is 2. The molecule has 0 aliphatic rings. The van der Waals surface area contributed by atoms with E-state index in [-0.39, 0.29) is 17.3 Å². The first-order valence-electron chi connectivity index (χ1n) is 12.8. The number of hydrogen-bond donors (Lipinski definition) is 1. The molecule has 38 heavy (non-hydrogen) atoms. The molecule has 0 radical (unpaired) electrons. The molecule has 0 fully saturated rings. The molecule has 3 aromatic carbocycles. The number of sulfonamides is 1. The Morgan fingerprint density at radius 1 is 0.921 bits per heavy atom. The van der Waals surface area contributed by atoms with Crippen molar-refractivity contribution in [1.29, 1.82) is 0 Å². The predicted molar refractivity (Wildman–Crippen MR) is 151 cm³/mol. The van der Waals surface area contributed by atoms with Crippen LogP contribution in [0.4, 0.5) is 5.69 Å². The number of hydrogen-bond acceptors (Lipinski definition) is 4. The summed E-state index contributed by atoms with van der Waals surface area (Å²) < 4.78 is 28.9. The highest BCUT2D eigenvalue weighted by Crippen LogP contribution is 2.29. The lowest BCUT2D eigenvalue weighted by Gasteiger charge is -2.32. The van der Waals surface area contributed by atoms with Crippen LogP contribution in [0, 0.1) is 20.8 Å². The van der Waals surface area contributed by atoms with Crippen LogP contribution in [-0.4, -0.2) is 44.3 Å². The fourth-order valence-electron chi connectivity index (χ4n) is 4.22. The lowest BCUT2D eigenvalue weighted by molar-refractivity contribution is -0.139. The molecule has 202 valence electrons. The van der Waals surface area contributed by atoms with Gasteiger partial charge in [-0.2, -0.15) is 0 Å². The standard InChI is InChI=1S/C30H37N3O4S/c1-6-18-31-30(35)25(5)32(20-26-14-10-12-22(2)19-26)29(34)21-33(28-17-11-13-23(3)24(28)4)38(36,37)27-15-8-7-9-16-27/h7-17,19,25H,6,18,20-21H2,1-5H3,(H,31,35)/t25-/m1/s1. The van der Waals surface area contributed by atoms with E-state index in [1.165, 1.54) is 17.0 Å². The SMILES string of the molecule is CCCNC(=O)[C@@H](C)N(Cc1cccc(C)c1)C(=O)CN(c1cccc(C)c1C)S(=O)(=O)c1ccccc1. The number of carbonyl (C=O) groups is 2. The molecule has 1 atom stereocenters. The van der Waals surface area contributed by atoms with E-state index in [1.807, 2.05) is 58.0 Å². The highest BCUT2D eigenvalue weighted by atomic mass is 32.2. The number of aryl methyl sites for hydroxylation is 2. The molecule has 1 N–H and O–H groups in total. The van der Waals surface area contributed by atoms with Crippen molar-refractivity contribution in [3.05, 3.63) is 95.1 Å². The topological polar surface area (TPSA) is 86.8 Å². The van der Waals surface area contributed by atoms with Gasteiger partial charge in [-0.25, -0.2) is 8.42 Å². The van der Waals surface area contributed by atoms with Crippen LogP contribution in [0.25, 0.3) is 0 Å². The Kier molecular flexibility index (Phi) is 9.69. The Bertz CT molecular complexity index is 1370. The third-order valence-electron chi connectivity index (χ3n) is 6.61. The van der Waals surface area contributed by atoms with Gasteiger partial charge in [0.05, 0.1) is 10.6 Å². The third-order valence-corrected chi connectivity index (χ3v) is 8.38. The van der Waals surface area contributed by atoms with Crippen LogP contribution in [0.15, 0.2) is 77.7 Å². The second-order valence-electron chi connectivity index (χ2n) is 9.52. The van der Waals surface area contributed by atoms with Gasteiger partial charge in [-0.3, -0.25) is 13.9 Å². The molecule has 0 aliphatic carbocycles.